The average Bonchev–Trinajstić information content (AvgIpc) is 2.51. The highest BCUT2D eigenvalue weighted by atomic mass is 32.2. The maximum absolute atomic E-state index is 12.1. The third-order valence-electron chi connectivity index (χ3n) is 3.09. The number of hydroxylamine groups is 2. The molecule has 2 amide bonds. The molecule has 0 aliphatic heterocycles. The molecule has 0 aromatic heterocycles. The van der Waals surface area contributed by atoms with E-state index in [4.69, 9.17) is 0 Å². The highest BCUT2D eigenvalue weighted by molar-refractivity contribution is 7.90. The third kappa shape index (κ3) is 5.45. The summed E-state index contributed by atoms with van der Waals surface area (Å²) in [5, 5.41) is 9.57. The lowest BCUT2D eigenvalue weighted by Gasteiger charge is -2.19. The minimum absolute atomic E-state index is 0.0196. The van der Waals surface area contributed by atoms with Crippen LogP contribution in [0, 0.1) is 5.92 Å². The summed E-state index contributed by atoms with van der Waals surface area (Å²) in [6, 6.07) is 7.52. The lowest BCUT2D eigenvalue weighted by atomic mass is 10.0. The van der Waals surface area contributed by atoms with Crippen molar-refractivity contribution >= 4 is 22.3 Å². The number of carbonyl (C=O) groups is 2. The Bertz CT molecular complexity index is 589. The summed E-state index contributed by atoms with van der Waals surface area (Å²) in [7, 11) is -3.96. The van der Waals surface area contributed by atoms with Crippen molar-refractivity contribution in [2.75, 3.05) is 6.54 Å². The van der Waals surface area contributed by atoms with Crippen molar-refractivity contribution in [2.45, 2.75) is 31.1 Å². The Morgan fingerprint density at radius 3 is 2.55 bits per heavy atom. The molecular formula is C14H20N2O5S. The highest BCUT2D eigenvalue weighted by Gasteiger charge is 2.25. The largest absolute Gasteiger partial charge is 0.286 e. The number of carbonyl (C=O) groups excluding carboxylic acids is 2. The molecule has 0 heterocycles. The lowest BCUT2D eigenvalue weighted by molar-refractivity contribution is -0.154. The zero-order chi connectivity index (χ0) is 16.6. The predicted molar refractivity (Wildman–Crippen MR) is 79.3 cm³/mol. The maximum Gasteiger partial charge on any atom is 0.264 e. The van der Waals surface area contributed by atoms with Gasteiger partial charge in [-0.2, -0.15) is 0 Å². The molecule has 0 aliphatic carbocycles. The quantitative estimate of drug-likeness (QED) is 0.402. The number of hydrogen-bond donors (Lipinski definition) is 2. The summed E-state index contributed by atoms with van der Waals surface area (Å²) in [6.07, 6.45) is 2.04. The second kappa shape index (κ2) is 8.50. The predicted octanol–water partition coefficient (Wildman–Crippen LogP) is 1.15. The van der Waals surface area contributed by atoms with Gasteiger partial charge < -0.3 is 0 Å². The van der Waals surface area contributed by atoms with Crippen LogP contribution >= 0.6 is 0 Å². The molecule has 2 N–H and O–H groups in total. The molecule has 0 spiro atoms. The van der Waals surface area contributed by atoms with E-state index in [1.807, 2.05) is 11.6 Å². The minimum Gasteiger partial charge on any atom is -0.286 e. The van der Waals surface area contributed by atoms with Gasteiger partial charge >= 0.3 is 0 Å². The second-order valence-electron chi connectivity index (χ2n) is 4.85. The molecular weight excluding hydrogens is 308 g/mol. The van der Waals surface area contributed by atoms with Gasteiger partial charge in [0.2, 0.25) is 12.3 Å². The van der Waals surface area contributed by atoms with E-state index < -0.39 is 21.8 Å². The van der Waals surface area contributed by atoms with Crippen LogP contribution in [0.1, 0.15) is 26.2 Å². The van der Waals surface area contributed by atoms with Crippen molar-refractivity contribution < 1.29 is 23.2 Å². The molecule has 0 aliphatic rings. The van der Waals surface area contributed by atoms with Crippen LogP contribution in [0.4, 0.5) is 0 Å². The molecule has 8 heteroatoms. The van der Waals surface area contributed by atoms with Gasteiger partial charge in [-0.25, -0.2) is 18.2 Å². The molecule has 1 aromatic carbocycles. The Morgan fingerprint density at radius 1 is 1.36 bits per heavy atom. The first kappa shape index (κ1) is 18.1. The summed E-state index contributed by atoms with van der Waals surface area (Å²) in [5.41, 5.74) is 0. The summed E-state index contributed by atoms with van der Waals surface area (Å²) in [5.74, 6) is -1.54. The van der Waals surface area contributed by atoms with Crippen molar-refractivity contribution in [1.29, 1.82) is 0 Å². The van der Waals surface area contributed by atoms with Crippen LogP contribution in [0.3, 0.4) is 0 Å². The normalized spacial score (nSPS) is 12.5. The molecule has 1 unspecified atom stereocenters. The van der Waals surface area contributed by atoms with Crippen LogP contribution in [0.15, 0.2) is 35.2 Å². The first-order valence-corrected chi connectivity index (χ1v) is 8.41. The number of unbranched alkanes of at least 4 members (excludes halogenated alkanes) is 1. The summed E-state index contributed by atoms with van der Waals surface area (Å²) in [6.45, 7) is 1.67. The SMILES string of the molecule is CCCCC(CN(O)C=O)C(=O)NS(=O)(=O)c1ccccc1. The van der Waals surface area contributed by atoms with Crippen LogP contribution in [-0.4, -0.2) is 37.6 Å². The zero-order valence-electron chi connectivity index (χ0n) is 12.3. The Morgan fingerprint density at radius 2 is 2.00 bits per heavy atom. The number of nitrogens with one attached hydrogen (secondary N) is 1. The van der Waals surface area contributed by atoms with Gasteiger partial charge in [0.15, 0.2) is 0 Å². The first-order chi connectivity index (χ1) is 10.4. The highest BCUT2D eigenvalue weighted by Crippen LogP contribution is 2.13. The van der Waals surface area contributed by atoms with E-state index >= 15 is 0 Å². The van der Waals surface area contributed by atoms with Crippen molar-refractivity contribution in [3.05, 3.63) is 30.3 Å². The van der Waals surface area contributed by atoms with Gasteiger partial charge in [-0.1, -0.05) is 38.0 Å². The van der Waals surface area contributed by atoms with Crippen LogP contribution in [0.5, 0.6) is 0 Å². The fourth-order valence-corrected chi connectivity index (χ4v) is 2.96. The van der Waals surface area contributed by atoms with Crippen molar-refractivity contribution in [1.82, 2.24) is 9.79 Å². The number of sulfonamides is 1. The van der Waals surface area contributed by atoms with Crippen molar-refractivity contribution in [3.8, 4) is 0 Å². The standard InChI is InChI=1S/C14H20N2O5S/c1-2-3-7-12(10-16(19)11-17)14(18)15-22(20,21)13-8-5-4-6-9-13/h4-6,8-9,11-12,19H,2-3,7,10H2,1H3,(H,15,18). The van der Waals surface area contributed by atoms with Crippen LogP contribution in [-0.2, 0) is 19.6 Å². The van der Waals surface area contributed by atoms with Crippen molar-refractivity contribution in [3.63, 3.8) is 0 Å². The van der Waals surface area contributed by atoms with Gasteiger partial charge in [-0.05, 0) is 18.6 Å². The number of rotatable bonds is 9. The van der Waals surface area contributed by atoms with Gasteiger partial charge in [0.25, 0.3) is 10.0 Å². The Hall–Kier alpha value is -1.93. The molecule has 1 aromatic rings. The number of amides is 2. The molecule has 122 valence electrons. The molecule has 22 heavy (non-hydrogen) atoms. The number of nitrogens with zero attached hydrogens (tertiary/aromatic N) is 1. The first-order valence-electron chi connectivity index (χ1n) is 6.93. The van der Waals surface area contributed by atoms with E-state index in [-0.39, 0.29) is 17.9 Å². The summed E-state index contributed by atoms with van der Waals surface area (Å²) in [4.78, 5) is 22.6. The Labute approximate surface area is 129 Å². The second-order valence-corrected chi connectivity index (χ2v) is 6.53. The maximum atomic E-state index is 12.1. The van der Waals surface area contributed by atoms with Crippen molar-refractivity contribution in [2.24, 2.45) is 5.92 Å². The molecule has 1 rings (SSSR count). The van der Waals surface area contributed by atoms with E-state index in [9.17, 15) is 23.2 Å². The topological polar surface area (TPSA) is 104 Å². The van der Waals surface area contributed by atoms with E-state index in [1.165, 1.54) is 12.1 Å². The van der Waals surface area contributed by atoms with E-state index in [2.05, 4.69) is 0 Å². The van der Waals surface area contributed by atoms with E-state index in [1.54, 1.807) is 18.2 Å². The average molecular weight is 328 g/mol. The fourth-order valence-electron chi connectivity index (χ4n) is 1.90. The third-order valence-corrected chi connectivity index (χ3v) is 4.46. The lowest BCUT2D eigenvalue weighted by Crippen LogP contribution is -2.40. The monoisotopic (exact) mass is 328 g/mol. The number of hydrogen-bond acceptors (Lipinski definition) is 5. The smallest absolute Gasteiger partial charge is 0.264 e. The molecule has 7 nitrogen and oxygen atoms in total. The van der Waals surface area contributed by atoms with Gasteiger partial charge in [0, 0.05) is 0 Å². The number of benzene rings is 1. The van der Waals surface area contributed by atoms with Crippen LogP contribution in [0.25, 0.3) is 0 Å². The summed E-state index contributed by atoms with van der Waals surface area (Å²) < 4.78 is 26.2. The fraction of sp³-hybridized carbons (Fsp3) is 0.429. The van der Waals surface area contributed by atoms with E-state index in [0.717, 1.165) is 6.42 Å². The van der Waals surface area contributed by atoms with Gasteiger partial charge in [0.05, 0.1) is 17.4 Å². The zero-order valence-corrected chi connectivity index (χ0v) is 13.1. The summed E-state index contributed by atoms with van der Waals surface area (Å²) >= 11 is 0. The minimum atomic E-state index is -3.96. The molecule has 0 radical (unpaired) electrons. The molecule has 0 bridgehead atoms. The van der Waals surface area contributed by atoms with Crippen LogP contribution in [0.2, 0.25) is 0 Å². The van der Waals surface area contributed by atoms with Gasteiger partial charge in [-0.3, -0.25) is 14.8 Å². The molecule has 0 saturated carbocycles. The Kier molecular flexibility index (Phi) is 7.00. The van der Waals surface area contributed by atoms with E-state index in [0.29, 0.717) is 17.9 Å². The van der Waals surface area contributed by atoms with Gasteiger partial charge in [-0.15, -0.1) is 0 Å². The molecule has 0 saturated heterocycles. The molecule has 1 atom stereocenters. The van der Waals surface area contributed by atoms with Crippen LogP contribution < -0.4 is 4.72 Å². The van der Waals surface area contributed by atoms with Gasteiger partial charge in [0.1, 0.15) is 0 Å². The Balaban J connectivity index is 2.83. The molecule has 0 fully saturated rings.